The van der Waals surface area contributed by atoms with Gasteiger partial charge in [0.2, 0.25) is 0 Å². The van der Waals surface area contributed by atoms with Gasteiger partial charge >= 0.3 is 5.97 Å². The number of carboxylic acids is 1. The molecule has 0 saturated carbocycles. The number of nitrogens with zero attached hydrogens (tertiary/aromatic N) is 1. The summed E-state index contributed by atoms with van der Waals surface area (Å²) in [6.45, 7) is 5.43. The number of aliphatic carboxylic acids is 1. The van der Waals surface area contributed by atoms with Gasteiger partial charge in [0.15, 0.2) is 0 Å². The lowest BCUT2D eigenvalue weighted by atomic mass is 9.94. The number of fused-ring (bicyclic) bond motifs is 1. The van der Waals surface area contributed by atoms with Crippen LogP contribution in [0.5, 0.6) is 5.75 Å². The summed E-state index contributed by atoms with van der Waals surface area (Å²) in [7, 11) is 0. The van der Waals surface area contributed by atoms with E-state index in [1.54, 1.807) is 26.0 Å². The molecule has 0 spiro atoms. The van der Waals surface area contributed by atoms with Crippen LogP contribution in [0.4, 0.5) is 0 Å². The lowest BCUT2D eigenvalue weighted by Gasteiger charge is -2.12. The average molecular weight is 386 g/mol. The molecule has 0 aliphatic carbocycles. The van der Waals surface area contributed by atoms with Gasteiger partial charge in [-0.05, 0) is 50.1 Å². The number of rotatable bonds is 4. The second-order valence-electron chi connectivity index (χ2n) is 6.63. The SMILES string of the molecule is CCC(C(=O)O)c1c(C)n(C(=O)c2ccc(C)cc2)c2cc(Cl)c(O)cc12. The Kier molecular flexibility index (Phi) is 4.98. The highest BCUT2D eigenvalue weighted by Crippen LogP contribution is 2.38. The summed E-state index contributed by atoms with van der Waals surface area (Å²) < 4.78 is 1.48. The van der Waals surface area contributed by atoms with Gasteiger partial charge in [-0.15, -0.1) is 0 Å². The van der Waals surface area contributed by atoms with Crippen LogP contribution in [0.15, 0.2) is 36.4 Å². The van der Waals surface area contributed by atoms with Gasteiger partial charge in [-0.2, -0.15) is 0 Å². The van der Waals surface area contributed by atoms with Gasteiger partial charge in [-0.3, -0.25) is 14.2 Å². The van der Waals surface area contributed by atoms with Crippen LogP contribution < -0.4 is 0 Å². The van der Waals surface area contributed by atoms with Gasteiger partial charge < -0.3 is 10.2 Å². The van der Waals surface area contributed by atoms with Crippen molar-refractivity contribution >= 4 is 34.4 Å². The summed E-state index contributed by atoms with van der Waals surface area (Å²) in [6.07, 6.45) is 0.359. The van der Waals surface area contributed by atoms with Crippen LogP contribution in [0.25, 0.3) is 10.9 Å². The van der Waals surface area contributed by atoms with Gasteiger partial charge in [0.25, 0.3) is 5.91 Å². The highest BCUT2D eigenvalue weighted by molar-refractivity contribution is 6.33. The van der Waals surface area contributed by atoms with Crippen molar-refractivity contribution in [2.75, 3.05) is 0 Å². The number of halogens is 1. The summed E-state index contributed by atoms with van der Waals surface area (Å²) >= 11 is 6.08. The number of carbonyl (C=O) groups excluding carboxylic acids is 1. The Morgan fingerprint density at radius 2 is 1.78 bits per heavy atom. The molecule has 2 aromatic carbocycles. The number of phenols is 1. The molecule has 0 radical (unpaired) electrons. The lowest BCUT2D eigenvalue weighted by molar-refractivity contribution is -0.138. The van der Waals surface area contributed by atoms with Gasteiger partial charge in [0.1, 0.15) is 5.75 Å². The van der Waals surface area contributed by atoms with E-state index in [4.69, 9.17) is 11.6 Å². The molecule has 1 aromatic heterocycles. The summed E-state index contributed by atoms with van der Waals surface area (Å²) in [5.74, 6) is -2.19. The molecule has 3 rings (SSSR count). The van der Waals surface area contributed by atoms with E-state index in [2.05, 4.69) is 0 Å². The number of aromatic nitrogens is 1. The number of carbonyl (C=O) groups is 2. The van der Waals surface area contributed by atoms with Crippen molar-refractivity contribution < 1.29 is 19.8 Å². The summed E-state index contributed by atoms with van der Waals surface area (Å²) in [5.41, 5.74) is 3.06. The van der Waals surface area contributed by atoms with Crippen molar-refractivity contribution in [2.24, 2.45) is 0 Å². The van der Waals surface area contributed by atoms with Crippen molar-refractivity contribution in [3.05, 3.63) is 63.8 Å². The number of aryl methyl sites for hydroxylation is 1. The van der Waals surface area contributed by atoms with E-state index in [0.717, 1.165) is 5.56 Å². The molecule has 1 unspecified atom stereocenters. The predicted molar refractivity (Wildman–Crippen MR) is 105 cm³/mol. The molecule has 0 saturated heterocycles. The highest BCUT2D eigenvalue weighted by Gasteiger charge is 2.28. The van der Waals surface area contributed by atoms with Crippen LogP contribution in [0, 0.1) is 13.8 Å². The Morgan fingerprint density at radius 3 is 2.33 bits per heavy atom. The quantitative estimate of drug-likeness (QED) is 0.670. The molecule has 140 valence electrons. The fraction of sp³-hybridized carbons (Fsp3) is 0.238. The third kappa shape index (κ3) is 3.19. The number of hydrogen-bond donors (Lipinski definition) is 2. The van der Waals surface area contributed by atoms with Crippen molar-refractivity contribution in [1.82, 2.24) is 4.57 Å². The molecular weight excluding hydrogens is 366 g/mol. The van der Waals surface area contributed by atoms with Crippen LogP contribution in [-0.4, -0.2) is 26.7 Å². The minimum Gasteiger partial charge on any atom is -0.506 e. The van der Waals surface area contributed by atoms with Crippen LogP contribution in [0.2, 0.25) is 5.02 Å². The van der Waals surface area contributed by atoms with Crippen molar-refractivity contribution in [3.8, 4) is 5.75 Å². The predicted octanol–water partition coefficient (Wildman–Crippen LogP) is 4.88. The molecule has 5 nitrogen and oxygen atoms in total. The molecule has 0 fully saturated rings. The van der Waals surface area contributed by atoms with Gasteiger partial charge in [0, 0.05) is 16.6 Å². The molecule has 0 aliphatic rings. The molecule has 3 aromatic rings. The van der Waals surface area contributed by atoms with Crippen molar-refractivity contribution in [2.45, 2.75) is 33.1 Å². The lowest BCUT2D eigenvalue weighted by Crippen LogP contribution is -2.16. The fourth-order valence-electron chi connectivity index (χ4n) is 3.48. The zero-order valence-electron chi connectivity index (χ0n) is 15.3. The van der Waals surface area contributed by atoms with Gasteiger partial charge in [-0.1, -0.05) is 36.2 Å². The maximum absolute atomic E-state index is 13.2. The number of phenolic OH excluding ortho intramolecular Hbond substituents is 1. The number of hydrogen-bond acceptors (Lipinski definition) is 3. The van der Waals surface area contributed by atoms with Crippen molar-refractivity contribution in [3.63, 3.8) is 0 Å². The fourth-order valence-corrected chi connectivity index (χ4v) is 3.64. The Hall–Kier alpha value is -2.79. The van der Waals surface area contributed by atoms with E-state index in [0.29, 0.717) is 34.1 Å². The molecule has 2 N–H and O–H groups in total. The molecule has 0 bridgehead atoms. The summed E-state index contributed by atoms with van der Waals surface area (Å²) in [5, 5.41) is 20.3. The van der Waals surface area contributed by atoms with Crippen LogP contribution in [-0.2, 0) is 4.79 Å². The second kappa shape index (κ2) is 7.08. The third-order valence-electron chi connectivity index (χ3n) is 4.88. The zero-order chi connectivity index (χ0) is 19.9. The Balaban J connectivity index is 2.34. The third-order valence-corrected chi connectivity index (χ3v) is 5.18. The van der Waals surface area contributed by atoms with Crippen LogP contribution in [0.1, 0.15) is 46.4 Å². The number of benzene rings is 2. The second-order valence-corrected chi connectivity index (χ2v) is 7.03. The molecular formula is C21H20ClNO4. The molecule has 27 heavy (non-hydrogen) atoms. The molecule has 6 heteroatoms. The van der Waals surface area contributed by atoms with Gasteiger partial charge in [-0.25, -0.2) is 0 Å². The number of aromatic hydroxyl groups is 1. The topological polar surface area (TPSA) is 79.5 Å². The van der Waals surface area contributed by atoms with E-state index >= 15 is 0 Å². The summed E-state index contributed by atoms with van der Waals surface area (Å²) in [6, 6.07) is 10.1. The highest BCUT2D eigenvalue weighted by atomic mass is 35.5. The zero-order valence-corrected chi connectivity index (χ0v) is 16.0. The Morgan fingerprint density at radius 1 is 1.15 bits per heavy atom. The molecule has 0 aliphatic heterocycles. The van der Waals surface area contributed by atoms with E-state index in [9.17, 15) is 19.8 Å². The number of carboxylic acid groups (broad SMARTS) is 1. The van der Waals surface area contributed by atoms with E-state index in [1.165, 1.54) is 16.7 Å². The first kappa shape index (κ1) is 19.0. The Labute approximate surface area is 161 Å². The van der Waals surface area contributed by atoms with Crippen LogP contribution >= 0.6 is 11.6 Å². The molecule has 1 atom stereocenters. The summed E-state index contributed by atoms with van der Waals surface area (Å²) in [4.78, 5) is 25.0. The van der Waals surface area contributed by atoms with E-state index < -0.39 is 11.9 Å². The Bertz CT molecular complexity index is 1050. The normalized spacial score (nSPS) is 12.3. The first-order chi connectivity index (χ1) is 12.8. The maximum Gasteiger partial charge on any atom is 0.311 e. The van der Waals surface area contributed by atoms with Gasteiger partial charge in [0.05, 0.1) is 16.5 Å². The first-order valence-corrected chi connectivity index (χ1v) is 9.01. The monoisotopic (exact) mass is 385 g/mol. The van der Waals surface area contributed by atoms with E-state index in [1.807, 2.05) is 19.1 Å². The van der Waals surface area contributed by atoms with Crippen molar-refractivity contribution in [1.29, 1.82) is 0 Å². The largest absolute Gasteiger partial charge is 0.506 e. The minimum atomic E-state index is -0.975. The standard InChI is InChI=1S/C21H20ClNO4/c1-4-14(21(26)27)19-12(3)23(17-10-16(22)18(24)9-15(17)19)20(25)13-7-5-11(2)6-8-13/h5-10,14,24H,4H2,1-3H3,(H,26,27). The average Bonchev–Trinajstić information content (AvgIpc) is 2.88. The first-order valence-electron chi connectivity index (χ1n) is 8.63. The van der Waals surface area contributed by atoms with Crippen LogP contribution in [0.3, 0.4) is 0 Å². The smallest absolute Gasteiger partial charge is 0.311 e. The van der Waals surface area contributed by atoms with E-state index in [-0.39, 0.29) is 16.7 Å². The molecule has 0 amide bonds. The minimum absolute atomic E-state index is 0.105. The maximum atomic E-state index is 13.2. The molecule has 1 heterocycles.